The fourth-order valence-corrected chi connectivity index (χ4v) is 3.14. The highest BCUT2D eigenvalue weighted by atomic mass is 16.5. The fourth-order valence-electron chi connectivity index (χ4n) is 3.14. The van der Waals surface area contributed by atoms with Gasteiger partial charge in [0, 0.05) is 18.9 Å². The quantitative estimate of drug-likeness (QED) is 0.695. The highest BCUT2D eigenvalue weighted by Crippen LogP contribution is 2.43. The molecule has 4 rings (SSSR count). The number of rotatable bonds is 1. The third-order valence-corrected chi connectivity index (χ3v) is 4.25. The van der Waals surface area contributed by atoms with E-state index >= 15 is 0 Å². The summed E-state index contributed by atoms with van der Waals surface area (Å²) < 4.78 is 12.9. The van der Waals surface area contributed by atoms with Crippen molar-refractivity contribution in [2.24, 2.45) is 12.8 Å². The fraction of sp³-hybridized carbons (Fsp3) is 0.111. The molecule has 2 aromatic heterocycles. The Bertz CT molecular complexity index is 1100. The third kappa shape index (κ3) is 1.85. The van der Waals surface area contributed by atoms with Gasteiger partial charge in [-0.25, -0.2) is 4.79 Å². The van der Waals surface area contributed by atoms with Crippen LogP contribution < -0.4 is 16.1 Å². The molecule has 3 aromatic rings. The number of para-hydroxylation sites is 1. The Morgan fingerprint density at radius 1 is 1.25 bits per heavy atom. The Hall–Kier alpha value is -3.46. The first-order chi connectivity index (χ1) is 11.6. The van der Waals surface area contributed by atoms with Crippen LogP contribution in [0.1, 0.15) is 17.2 Å². The zero-order chi connectivity index (χ0) is 16.8. The molecule has 1 aliphatic heterocycles. The summed E-state index contributed by atoms with van der Waals surface area (Å²) in [7, 11) is 1.85. The summed E-state index contributed by atoms with van der Waals surface area (Å²) in [6.07, 6.45) is 1.85. The van der Waals surface area contributed by atoms with Crippen molar-refractivity contribution in [3.63, 3.8) is 0 Å². The first-order valence-electron chi connectivity index (χ1n) is 7.36. The highest BCUT2D eigenvalue weighted by molar-refractivity contribution is 5.85. The molecule has 0 spiro atoms. The van der Waals surface area contributed by atoms with Gasteiger partial charge in [-0.15, -0.1) is 0 Å². The lowest BCUT2D eigenvalue weighted by atomic mass is 9.87. The van der Waals surface area contributed by atoms with Crippen molar-refractivity contribution < 1.29 is 9.15 Å². The number of nitrogens with two attached hydrogens (primary N) is 1. The van der Waals surface area contributed by atoms with Crippen molar-refractivity contribution in [3.05, 3.63) is 75.7 Å². The van der Waals surface area contributed by atoms with Crippen LogP contribution in [0.25, 0.3) is 11.0 Å². The summed E-state index contributed by atoms with van der Waals surface area (Å²) >= 11 is 0. The van der Waals surface area contributed by atoms with Crippen molar-refractivity contribution in [2.45, 2.75) is 5.92 Å². The minimum atomic E-state index is -0.625. The van der Waals surface area contributed by atoms with Crippen LogP contribution in [0.4, 0.5) is 0 Å². The average Bonchev–Trinajstić information content (AvgIpc) is 2.99. The van der Waals surface area contributed by atoms with Gasteiger partial charge in [0.1, 0.15) is 17.2 Å². The molecule has 1 atom stereocenters. The lowest BCUT2D eigenvalue weighted by Crippen LogP contribution is -2.27. The number of allylic oxidation sites excluding steroid dienone is 1. The zero-order valence-electron chi connectivity index (χ0n) is 12.8. The maximum atomic E-state index is 12.6. The molecular weight excluding hydrogens is 306 g/mol. The topological polar surface area (TPSA) is 94.2 Å². The molecule has 0 unspecified atom stereocenters. The molecule has 0 saturated heterocycles. The van der Waals surface area contributed by atoms with Crippen LogP contribution in [0.5, 0.6) is 5.75 Å². The second-order valence-electron chi connectivity index (χ2n) is 5.60. The maximum absolute atomic E-state index is 12.6. The van der Waals surface area contributed by atoms with E-state index in [4.69, 9.17) is 14.9 Å². The van der Waals surface area contributed by atoms with Gasteiger partial charge in [0.25, 0.3) is 0 Å². The summed E-state index contributed by atoms with van der Waals surface area (Å²) in [5.41, 5.74) is 7.13. The number of benzene rings is 1. The van der Waals surface area contributed by atoms with Crippen LogP contribution >= 0.6 is 0 Å². The van der Waals surface area contributed by atoms with Crippen molar-refractivity contribution in [3.8, 4) is 11.8 Å². The van der Waals surface area contributed by atoms with Gasteiger partial charge in [-0.3, -0.25) is 0 Å². The number of fused-ring (bicyclic) bond motifs is 3. The zero-order valence-corrected chi connectivity index (χ0v) is 12.8. The molecule has 0 amide bonds. The van der Waals surface area contributed by atoms with Crippen LogP contribution in [0.3, 0.4) is 0 Å². The number of hydrogen-bond donors (Lipinski definition) is 1. The molecular formula is C18H13N3O3. The predicted molar refractivity (Wildman–Crippen MR) is 87.2 cm³/mol. The van der Waals surface area contributed by atoms with Gasteiger partial charge in [-0.05, 0) is 24.3 Å². The van der Waals surface area contributed by atoms with Crippen LogP contribution in [-0.2, 0) is 7.05 Å². The van der Waals surface area contributed by atoms with Gasteiger partial charge >= 0.3 is 5.63 Å². The lowest BCUT2D eigenvalue weighted by molar-refractivity contribution is 0.386. The van der Waals surface area contributed by atoms with E-state index in [2.05, 4.69) is 6.07 Å². The number of nitrogens with zero attached hydrogens (tertiary/aromatic N) is 2. The summed E-state index contributed by atoms with van der Waals surface area (Å²) in [5.74, 6) is -0.267. The Balaban J connectivity index is 2.12. The summed E-state index contributed by atoms with van der Waals surface area (Å²) in [5, 5.41) is 10.2. The van der Waals surface area contributed by atoms with E-state index in [0.29, 0.717) is 22.3 Å². The molecule has 0 aliphatic carbocycles. The number of hydrogen-bond acceptors (Lipinski definition) is 5. The van der Waals surface area contributed by atoms with E-state index < -0.39 is 11.5 Å². The molecule has 0 bridgehead atoms. The second-order valence-corrected chi connectivity index (χ2v) is 5.60. The van der Waals surface area contributed by atoms with Crippen molar-refractivity contribution in [2.75, 3.05) is 0 Å². The monoisotopic (exact) mass is 319 g/mol. The third-order valence-electron chi connectivity index (χ3n) is 4.25. The van der Waals surface area contributed by atoms with Gasteiger partial charge in [-0.2, -0.15) is 5.26 Å². The maximum Gasteiger partial charge on any atom is 0.344 e. The largest absolute Gasteiger partial charge is 0.439 e. The Morgan fingerprint density at radius 3 is 2.75 bits per heavy atom. The molecule has 1 aromatic carbocycles. The molecule has 0 fully saturated rings. The number of ether oxygens (including phenoxy) is 1. The van der Waals surface area contributed by atoms with Crippen LogP contribution in [0.2, 0.25) is 0 Å². The lowest BCUT2D eigenvalue weighted by Gasteiger charge is -2.26. The first kappa shape index (κ1) is 14.2. The van der Waals surface area contributed by atoms with Crippen LogP contribution in [0, 0.1) is 11.3 Å². The van der Waals surface area contributed by atoms with Crippen LogP contribution in [-0.4, -0.2) is 4.57 Å². The molecule has 3 heterocycles. The number of aromatic nitrogens is 1. The first-order valence-corrected chi connectivity index (χ1v) is 7.36. The summed E-state index contributed by atoms with van der Waals surface area (Å²) in [6, 6.07) is 12.8. The number of nitriles is 1. The van der Waals surface area contributed by atoms with Crippen LogP contribution in [0.15, 0.2) is 63.3 Å². The molecule has 24 heavy (non-hydrogen) atoms. The minimum Gasteiger partial charge on any atom is -0.439 e. The molecule has 1 aliphatic rings. The Labute approximate surface area is 137 Å². The van der Waals surface area contributed by atoms with Crippen molar-refractivity contribution >= 4 is 11.0 Å². The standard InChI is InChI=1S/C18H13N3O3/c1-21-8-4-6-12(21)14-11(9-19)17(20)24-16-10-5-2-3-7-13(10)23-18(22)15(14)16/h2-8,14H,20H2,1H3/t14-/m1/s1. The molecule has 0 saturated carbocycles. The van der Waals surface area contributed by atoms with E-state index in [1.807, 2.05) is 36.0 Å². The van der Waals surface area contributed by atoms with Gasteiger partial charge in [-0.1, -0.05) is 12.1 Å². The van der Waals surface area contributed by atoms with Crippen molar-refractivity contribution in [1.82, 2.24) is 4.57 Å². The Morgan fingerprint density at radius 2 is 2.04 bits per heavy atom. The van der Waals surface area contributed by atoms with Gasteiger partial charge < -0.3 is 19.5 Å². The second kappa shape index (κ2) is 5.03. The van der Waals surface area contributed by atoms with Gasteiger partial charge in [0.05, 0.1) is 16.9 Å². The normalized spacial score (nSPS) is 16.6. The highest BCUT2D eigenvalue weighted by Gasteiger charge is 2.36. The molecule has 118 valence electrons. The molecule has 6 heteroatoms. The average molecular weight is 319 g/mol. The Kier molecular flexibility index (Phi) is 2.97. The molecule has 6 nitrogen and oxygen atoms in total. The van der Waals surface area contributed by atoms with Gasteiger partial charge in [0.2, 0.25) is 5.88 Å². The van der Waals surface area contributed by atoms with E-state index in [1.165, 1.54) is 0 Å². The summed E-state index contributed by atoms with van der Waals surface area (Å²) in [6.45, 7) is 0. The van der Waals surface area contributed by atoms with E-state index in [1.54, 1.807) is 18.2 Å². The molecule has 2 N–H and O–H groups in total. The summed E-state index contributed by atoms with van der Waals surface area (Å²) in [4.78, 5) is 12.6. The predicted octanol–water partition coefficient (Wildman–Crippen LogP) is 2.35. The minimum absolute atomic E-state index is 0.00644. The van der Waals surface area contributed by atoms with E-state index in [9.17, 15) is 10.1 Å². The molecule has 0 radical (unpaired) electrons. The SMILES string of the molecule is Cn1cccc1[C@H]1C(C#N)=C(N)Oc2c1c(=O)oc1ccccc21. The smallest absolute Gasteiger partial charge is 0.344 e. The van der Waals surface area contributed by atoms with Gasteiger partial charge in [0.15, 0.2) is 5.75 Å². The number of aryl methyl sites for hydroxylation is 1. The van der Waals surface area contributed by atoms with E-state index in [-0.39, 0.29) is 11.5 Å². The van der Waals surface area contributed by atoms with E-state index in [0.717, 1.165) is 5.69 Å². The van der Waals surface area contributed by atoms with Crippen molar-refractivity contribution in [1.29, 1.82) is 5.26 Å².